The SMILES string of the molecule is Cc1cc(OC(=O)/C=C/C(=O)O)ccc1-c1ccc(C(C)N(C)C)cc1. The summed E-state index contributed by atoms with van der Waals surface area (Å²) in [7, 11) is 4.10. The highest BCUT2D eigenvalue weighted by Gasteiger charge is 2.10. The van der Waals surface area contributed by atoms with Gasteiger partial charge in [-0.05, 0) is 62.3 Å². The quantitative estimate of drug-likeness (QED) is 0.486. The van der Waals surface area contributed by atoms with Crippen molar-refractivity contribution in [3.8, 4) is 16.9 Å². The zero-order chi connectivity index (χ0) is 19.3. The molecule has 26 heavy (non-hydrogen) atoms. The standard InChI is InChI=1S/C21H23NO4/c1-14-13-18(26-21(25)12-11-20(23)24)9-10-19(14)17-7-5-16(6-8-17)15(2)22(3)4/h5-13,15H,1-4H3,(H,23,24)/b12-11+. The zero-order valence-corrected chi connectivity index (χ0v) is 15.4. The summed E-state index contributed by atoms with van der Waals surface area (Å²) >= 11 is 0. The number of carbonyl (C=O) groups is 2. The largest absolute Gasteiger partial charge is 0.478 e. The Morgan fingerprint density at radius 1 is 1.08 bits per heavy atom. The van der Waals surface area contributed by atoms with Crippen molar-refractivity contribution < 1.29 is 19.4 Å². The average molecular weight is 353 g/mol. The van der Waals surface area contributed by atoms with Crippen LogP contribution in [0.3, 0.4) is 0 Å². The van der Waals surface area contributed by atoms with Crippen molar-refractivity contribution in [2.45, 2.75) is 19.9 Å². The molecule has 0 spiro atoms. The molecule has 1 unspecified atom stereocenters. The highest BCUT2D eigenvalue weighted by Crippen LogP contribution is 2.28. The number of carbonyl (C=O) groups excluding carboxylic acids is 1. The van der Waals surface area contributed by atoms with Gasteiger partial charge in [0.1, 0.15) is 5.75 Å². The summed E-state index contributed by atoms with van der Waals surface area (Å²) in [5, 5.41) is 8.52. The second-order valence-electron chi connectivity index (χ2n) is 6.33. The second kappa shape index (κ2) is 8.45. The Morgan fingerprint density at radius 2 is 1.73 bits per heavy atom. The monoisotopic (exact) mass is 353 g/mol. The van der Waals surface area contributed by atoms with E-state index in [9.17, 15) is 9.59 Å². The fraction of sp³-hybridized carbons (Fsp3) is 0.238. The van der Waals surface area contributed by atoms with Crippen molar-refractivity contribution >= 4 is 11.9 Å². The minimum absolute atomic E-state index is 0.339. The summed E-state index contributed by atoms with van der Waals surface area (Å²) in [5.74, 6) is -1.54. The first-order chi connectivity index (χ1) is 12.3. The van der Waals surface area contributed by atoms with Crippen LogP contribution < -0.4 is 4.74 Å². The molecule has 0 radical (unpaired) electrons. The summed E-state index contributed by atoms with van der Waals surface area (Å²) in [6, 6.07) is 14.1. The molecule has 1 atom stereocenters. The summed E-state index contributed by atoms with van der Waals surface area (Å²) in [6.45, 7) is 4.10. The lowest BCUT2D eigenvalue weighted by Gasteiger charge is -2.20. The minimum atomic E-state index is -1.19. The van der Waals surface area contributed by atoms with Gasteiger partial charge in [-0.25, -0.2) is 9.59 Å². The van der Waals surface area contributed by atoms with Crippen molar-refractivity contribution in [1.82, 2.24) is 4.90 Å². The number of carboxylic acids is 1. The van der Waals surface area contributed by atoms with Crippen molar-refractivity contribution in [1.29, 1.82) is 0 Å². The Labute approximate surface area is 153 Å². The van der Waals surface area contributed by atoms with Crippen LogP contribution in [0.2, 0.25) is 0 Å². The number of hydrogen-bond acceptors (Lipinski definition) is 4. The molecule has 0 aliphatic rings. The van der Waals surface area contributed by atoms with Crippen LogP contribution in [0, 0.1) is 6.92 Å². The van der Waals surface area contributed by atoms with E-state index < -0.39 is 11.9 Å². The topological polar surface area (TPSA) is 66.8 Å². The van der Waals surface area contributed by atoms with Gasteiger partial charge in [-0.1, -0.05) is 30.3 Å². The van der Waals surface area contributed by atoms with Gasteiger partial charge in [0.15, 0.2) is 0 Å². The number of rotatable bonds is 6. The molecule has 5 nitrogen and oxygen atoms in total. The lowest BCUT2D eigenvalue weighted by Crippen LogP contribution is -2.16. The number of carboxylic acid groups (broad SMARTS) is 1. The van der Waals surface area contributed by atoms with E-state index in [0.29, 0.717) is 11.8 Å². The molecule has 0 bridgehead atoms. The Bertz CT molecular complexity index is 822. The first-order valence-corrected chi connectivity index (χ1v) is 8.28. The van der Waals surface area contributed by atoms with Gasteiger partial charge in [-0.15, -0.1) is 0 Å². The summed E-state index contributed by atoms with van der Waals surface area (Å²) < 4.78 is 5.12. The molecule has 0 amide bonds. The number of aryl methyl sites for hydroxylation is 1. The van der Waals surface area contributed by atoms with E-state index in [-0.39, 0.29) is 0 Å². The number of esters is 1. The van der Waals surface area contributed by atoms with E-state index in [1.807, 2.05) is 27.1 Å². The Morgan fingerprint density at radius 3 is 2.27 bits per heavy atom. The number of nitrogens with zero attached hydrogens (tertiary/aromatic N) is 1. The first-order valence-electron chi connectivity index (χ1n) is 8.28. The molecule has 2 aromatic rings. The van der Waals surface area contributed by atoms with Crippen LogP contribution in [-0.4, -0.2) is 36.0 Å². The van der Waals surface area contributed by atoms with E-state index in [0.717, 1.165) is 28.8 Å². The maximum atomic E-state index is 11.6. The van der Waals surface area contributed by atoms with Gasteiger partial charge in [0.05, 0.1) is 0 Å². The summed E-state index contributed by atoms with van der Waals surface area (Å²) in [6.07, 6.45) is 1.63. The second-order valence-corrected chi connectivity index (χ2v) is 6.33. The molecule has 0 fully saturated rings. The van der Waals surface area contributed by atoms with Gasteiger partial charge in [-0.2, -0.15) is 0 Å². The molecule has 0 saturated heterocycles. The molecule has 1 N–H and O–H groups in total. The molecule has 0 aliphatic heterocycles. The lowest BCUT2D eigenvalue weighted by atomic mass is 9.97. The molecular formula is C21H23NO4. The van der Waals surface area contributed by atoms with E-state index in [1.54, 1.807) is 12.1 Å². The Balaban J connectivity index is 2.17. The van der Waals surface area contributed by atoms with Crippen LogP contribution in [0.1, 0.15) is 24.1 Å². The van der Waals surface area contributed by atoms with Crippen LogP contribution in [0.4, 0.5) is 0 Å². The van der Waals surface area contributed by atoms with Crippen molar-refractivity contribution in [3.05, 3.63) is 65.7 Å². The smallest absolute Gasteiger partial charge is 0.336 e. The van der Waals surface area contributed by atoms with Gasteiger partial charge in [0, 0.05) is 18.2 Å². The van der Waals surface area contributed by atoms with Crippen molar-refractivity contribution in [3.63, 3.8) is 0 Å². The van der Waals surface area contributed by atoms with Crippen LogP contribution in [-0.2, 0) is 9.59 Å². The maximum Gasteiger partial charge on any atom is 0.336 e. The summed E-state index contributed by atoms with van der Waals surface area (Å²) in [5.41, 5.74) is 4.34. The minimum Gasteiger partial charge on any atom is -0.478 e. The van der Waals surface area contributed by atoms with Crippen LogP contribution in [0.5, 0.6) is 5.75 Å². The van der Waals surface area contributed by atoms with E-state index in [2.05, 4.69) is 36.1 Å². The van der Waals surface area contributed by atoms with Gasteiger partial charge in [0.25, 0.3) is 0 Å². The molecular weight excluding hydrogens is 330 g/mol. The molecule has 2 rings (SSSR count). The van der Waals surface area contributed by atoms with Gasteiger partial charge in [-0.3, -0.25) is 0 Å². The molecule has 5 heteroatoms. The molecule has 0 aliphatic carbocycles. The normalized spacial score (nSPS) is 12.3. The highest BCUT2D eigenvalue weighted by molar-refractivity contribution is 5.91. The number of aliphatic carboxylic acids is 1. The maximum absolute atomic E-state index is 11.6. The highest BCUT2D eigenvalue weighted by atomic mass is 16.5. The Hall–Kier alpha value is -2.92. The van der Waals surface area contributed by atoms with Crippen molar-refractivity contribution in [2.75, 3.05) is 14.1 Å². The number of ether oxygens (including phenoxy) is 1. The van der Waals surface area contributed by atoms with Crippen molar-refractivity contribution in [2.24, 2.45) is 0 Å². The summed E-state index contributed by atoms with van der Waals surface area (Å²) in [4.78, 5) is 24.1. The zero-order valence-electron chi connectivity index (χ0n) is 15.4. The first kappa shape index (κ1) is 19.4. The third kappa shape index (κ3) is 5.04. The van der Waals surface area contributed by atoms with Crippen LogP contribution >= 0.6 is 0 Å². The fourth-order valence-corrected chi connectivity index (χ4v) is 2.55. The number of benzene rings is 2. The fourth-order valence-electron chi connectivity index (χ4n) is 2.55. The van der Waals surface area contributed by atoms with Crippen LogP contribution in [0.25, 0.3) is 11.1 Å². The van der Waals surface area contributed by atoms with Gasteiger partial charge >= 0.3 is 11.9 Å². The molecule has 0 aromatic heterocycles. The number of hydrogen-bond donors (Lipinski definition) is 1. The predicted molar refractivity (Wildman–Crippen MR) is 101 cm³/mol. The van der Waals surface area contributed by atoms with E-state index in [4.69, 9.17) is 9.84 Å². The Kier molecular flexibility index (Phi) is 6.31. The molecule has 0 heterocycles. The molecule has 136 valence electrons. The third-order valence-corrected chi connectivity index (χ3v) is 4.26. The van der Waals surface area contributed by atoms with Crippen LogP contribution in [0.15, 0.2) is 54.6 Å². The molecule has 0 saturated carbocycles. The molecule has 2 aromatic carbocycles. The average Bonchev–Trinajstić information content (AvgIpc) is 2.59. The predicted octanol–water partition coefficient (Wildman–Crippen LogP) is 3.83. The lowest BCUT2D eigenvalue weighted by molar-refractivity contribution is -0.133. The van der Waals surface area contributed by atoms with E-state index >= 15 is 0 Å². The van der Waals surface area contributed by atoms with Gasteiger partial charge in [0.2, 0.25) is 0 Å². The van der Waals surface area contributed by atoms with E-state index in [1.165, 1.54) is 5.56 Å². The third-order valence-electron chi connectivity index (χ3n) is 4.26. The van der Waals surface area contributed by atoms with Gasteiger partial charge < -0.3 is 14.7 Å².